The molecule has 1 unspecified atom stereocenters. The lowest BCUT2D eigenvalue weighted by Crippen LogP contribution is -2.39. The molecule has 3 rings (SSSR count). The number of aromatic amines is 1. The molecule has 0 amide bonds. The molecule has 2 aliphatic heterocycles. The van der Waals surface area contributed by atoms with E-state index in [1.807, 2.05) is 0 Å². The minimum Gasteiger partial charge on any atom is -0.312 e. The Morgan fingerprint density at radius 3 is 3.00 bits per heavy atom. The first-order valence-corrected chi connectivity index (χ1v) is 6.09. The van der Waals surface area contributed by atoms with Gasteiger partial charge in [-0.3, -0.25) is 14.6 Å². The highest BCUT2D eigenvalue weighted by Gasteiger charge is 2.21. The van der Waals surface area contributed by atoms with Gasteiger partial charge in [0.2, 0.25) is 0 Å². The number of hydrogen-bond donors (Lipinski definition) is 3. The van der Waals surface area contributed by atoms with E-state index in [1.165, 1.54) is 19.3 Å². The van der Waals surface area contributed by atoms with Crippen LogP contribution in [-0.4, -0.2) is 22.4 Å². The van der Waals surface area contributed by atoms with Crippen molar-refractivity contribution in [1.82, 2.24) is 20.4 Å². The highest BCUT2D eigenvalue weighted by atomic mass is 16.1. The number of hydrogen-bond acceptors (Lipinski definition) is 3. The zero-order valence-corrected chi connectivity index (χ0v) is 9.38. The van der Waals surface area contributed by atoms with Crippen molar-refractivity contribution in [2.75, 3.05) is 6.54 Å². The maximum absolute atomic E-state index is 12.0. The van der Waals surface area contributed by atoms with Gasteiger partial charge in [0.1, 0.15) is 0 Å². The highest BCUT2D eigenvalue weighted by molar-refractivity contribution is 5.21. The Hall–Kier alpha value is -1.07. The zero-order chi connectivity index (χ0) is 11.0. The molecule has 16 heavy (non-hydrogen) atoms. The third-order valence-corrected chi connectivity index (χ3v) is 3.56. The summed E-state index contributed by atoms with van der Waals surface area (Å²) in [5.74, 6) is 0. The van der Waals surface area contributed by atoms with Crippen LogP contribution in [0.1, 0.15) is 30.5 Å². The van der Waals surface area contributed by atoms with Crippen LogP contribution < -0.4 is 16.2 Å². The first-order chi connectivity index (χ1) is 7.84. The van der Waals surface area contributed by atoms with Crippen LogP contribution in [-0.2, 0) is 19.6 Å². The molecular formula is C11H18N4O. The van der Waals surface area contributed by atoms with Gasteiger partial charge in [-0.2, -0.15) is 0 Å². The Morgan fingerprint density at radius 2 is 2.25 bits per heavy atom. The summed E-state index contributed by atoms with van der Waals surface area (Å²) in [6.07, 6.45) is 3.71. The summed E-state index contributed by atoms with van der Waals surface area (Å²) in [6, 6.07) is 0.457. The second-order valence-electron chi connectivity index (χ2n) is 4.74. The van der Waals surface area contributed by atoms with E-state index in [-0.39, 0.29) is 5.56 Å². The molecule has 0 spiro atoms. The Morgan fingerprint density at radius 1 is 1.31 bits per heavy atom. The van der Waals surface area contributed by atoms with Gasteiger partial charge in [0.05, 0.1) is 17.8 Å². The minimum atomic E-state index is 0.160. The number of aromatic nitrogens is 2. The summed E-state index contributed by atoms with van der Waals surface area (Å²) >= 11 is 0. The second-order valence-corrected chi connectivity index (χ2v) is 4.74. The van der Waals surface area contributed by atoms with Gasteiger partial charge < -0.3 is 10.6 Å². The van der Waals surface area contributed by atoms with Gasteiger partial charge >= 0.3 is 0 Å². The van der Waals surface area contributed by atoms with Gasteiger partial charge in [-0.05, 0) is 19.4 Å². The van der Waals surface area contributed by atoms with Crippen molar-refractivity contribution in [3.63, 3.8) is 0 Å². The number of piperidine rings is 1. The molecule has 5 heteroatoms. The van der Waals surface area contributed by atoms with Gasteiger partial charge in [0.25, 0.3) is 5.56 Å². The summed E-state index contributed by atoms with van der Waals surface area (Å²) in [5.41, 5.74) is 2.16. The van der Waals surface area contributed by atoms with E-state index in [1.54, 1.807) is 4.68 Å². The van der Waals surface area contributed by atoms with E-state index in [0.29, 0.717) is 6.04 Å². The van der Waals surface area contributed by atoms with E-state index in [2.05, 4.69) is 15.7 Å². The van der Waals surface area contributed by atoms with Crippen LogP contribution in [0, 0.1) is 0 Å². The summed E-state index contributed by atoms with van der Waals surface area (Å²) in [7, 11) is 0. The summed E-state index contributed by atoms with van der Waals surface area (Å²) < 4.78 is 1.77. The maximum atomic E-state index is 12.0. The summed E-state index contributed by atoms with van der Waals surface area (Å²) in [5, 5.41) is 9.85. The first kappa shape index (κ1) is 10.1. The Balaban J connectivity index is 1.77. The van der Waals surface area contributed by atoms with Crippen LogP contribution in [0.2, 0.25) is 0 Å². The molecule has 0 radical (unpaired) electrons. The van der Waals surface area contributed by atoms with Crippen molar-refractivity contribution in [2.24, 2.45) is 0 Å². The minimum absolute atomic E-state index is 0.160. The van der Waals surface area contributed by atoms with Crippen LogP contribution in [0.3, 0.4) is 0 Å². The van der Waals surface area contributed by atoms with Gasteiger partial charge in [-0.1, -0.05) is 6.42 Å². The van der Waals surface area contributed by atoms with Crippen molar-refractivity contribution in [3.8, 4) is 0 Å². The van der Waals surface area contributed by atoms with Crippen LogP contribution in [0.4, 0.5) is 0 Å². The fourth-order valence-electron chi connectivity index (χ4n) is 2.64. The third-order valence-electron chi connectivity index (χ3n) is 3.56. The molecule has 0 saturated carbocycles. The van der Waals surface area contributed by atoms with Crippen molar-refractivity contribution in [1.29, 1.82) is 0 Å². The molecule has 0 aliphatic carbocycles. The highest BCUT2D eigenvalue weighted by Crippen LogP contribution is 2.11. The SMILES string of the molecule is O=c1c2c([nH]n1CC1CCCCN1)CNC2. The fraction of sp³-hybridized carbons (Fsp3) is 0.727. The Kier molecular flexibility index (Phi) is 2.57. The molecule has 88 valence electrons. The first-order valence-electron chi connectivity index (χ1n) is 6.09. The standard InChI is InChI=1S/C11H18N4O/c16-11-9-5-12-6-10(9)14-15(11)7-8-3-1-2-4-13-8/h8,12-14H,1-7H2. The molecule has 3 N–H and O–H groups in total. The molecule has 0 aromatic carbocycles. The normalized spacial score (nSPS) is 24.6. The molecule has 1 atom stereocenters. The molecular weight excluding hydrogens is 204 g/mol. The Labute approximate surface area is 94.2 Å². The molecule has 1 saturated heterocycles. The number of H-pyrrole nitrogens is 1. The topological polar surface area (TPSA) is 61.9 Å². The monoisotopic (exact) mass is 222 g/mol. The Bertz CT molecular complexity index is 428. The van der Waals surface area contributed by atoms with Crippen molar-refractivity contribution in [2.45, 2.75) is 44.9 Å². The van der Waals surface area contributed by atoms with E-state index < -0.39 is 0 Å². The van der Waals surface area contributed by atoms with Crippen LogP contribution in [0.15, 0.2) is 4.79 Å². The quantitative estimate of drug-likeness (QED) is 0.656. The van der Waals surface area contributed by atoms with Crippen LogP contribution in [0.5, 0.6) is 0 Å². The zero-order valence-electron chi connectivity index (χ0n) is 9.38. The van der Waals surface area contributed by atoms with E-state index in [9.17, 15) is 4.79 Å². The lowest BCUT2D eigenvalue weighted by atomic mass is 10.1. The van der Waals surface area contributed by atoms with Gasteiger partial charge in [-0.15, -0.1) is 0 Å². The van der Waals surface area contributed by atoms with Gasteiger partial charge in [0.15, 0.2) is 0 Å². The predicted octanol–water partition coefficient (Wildman–Crippen LogP) is -0.0783. The molecule has 1 fully saturated rings. The molecule has 1 aromatic heterocycles. The van der Waals surface area contributed by atoms with Gasteiger partial charge in [0, 0.05) is 19.1 Å². The van der Waals surface area contributed by atoms with E-state index in [4.69, 9.17) is 0 Å². The molecule has 1 aromatic rings. The van der Waals surface area contributed by atoms with Crippen molar-refractivity contribution < 1.29 is 0 Å². The van der Waals surface area contributed by atoms with E-state index >= 15 is 0 Å². The summed E-state index contributed by atoms with van der Waals surface area (Å²) in [4.78, 5) is 12.0. The average Bonchev–Trinajstić information content (AvgIpc) is 2.86. The third kappa shape index (κ3) is 1.70. The molecule has 5 nitrogen and oxygen atoms in total. The van der Waals surface area contributed by atoms with Crippen molar-refractivity contribution in [3.05, 3.63) is 21.6 Å². The average molecular weight is 222 g/mol. The molecule has 0 bridgehead atoms. The number of fused-ring (bicyclic) bond motifs is 1. The van der Waals surface area contributed by atoms with Crippen LogP contribution >= 0.6 is 0 Å². The second kappa shape index (κ2) is 4.07. The smallest absolute Gasteiger partial charge is 0.271 e. The number of rotatable bonds is 2. The maximum Gasteiger partial charge on any atom is 0.271 e. The number of nitrogens with one attached hydrogen (secondary N) is 3. The molecule has 3 heterocycles. The lowest BCUT2D eigenvalue weighted by molar-refractivity contribution is 0.346. The van der Waals surface area contributed by atoms with Crippen molar-refractivity contribution >= 4 is 0 Å². The van der Waals surface area contributed by atoms with Gasteiger partial charge in [-0.25, -0.2) is 0 Å². The predicted molar refractivity (Wildman–Crippen MR) is 61.2 cm³/mol. The van der Waals surface area contributed by atoms with Crippen LogP contribution in [0.25, 0.3) is 0 Å². The largest absolute Gasteiger partial charge is 0.312 e. The molecule has 2 aliphatic rings. The summed E-state index contributed by atoms with van der Waals surface area (Å²) in [6.45, 7) is 3.39. The number of nitrogens with zero attached hydrogens (tertiary/aromatic N) is 1. The van der Waals surface area contributed by atoms with E-state index in [0.717, 1.165) is 37.4 Å². The lowest BCUT2D eigenvalue weighted by Gasteiger charge is -2.23. The fourth-order valence-corrected chi connectivity index (χ4v) is 2.64.